The lowest BCUT2D eigenvalue weighted by Crippen LogP contribution is -3.06. The molecule has 1 atom stereocenters. The molecule has 2 heterocycles. The number of ketones is 1. The van der Waals surface area contributed by atoms with Crippen LogP contribution in [-0.2, 0) is 14.3 Å². The van der Waals surface area contributed by atoms with Gasteiger partial charge in [0, 0.05) is 15.7 Å². The molecule has 1 aromatic carbocycles. The number of benzene rings is 1. The van der Waals surface area contributed by atoms with Crippen LogP contribution in [0.25, 0.3) is 5.76 Å². The van der Waals surface area contributed by atoms with Crippen molar-refractivity contribution in [2.24, 2.45) is 0 Å². The monoisotopic (exact) mass is 517 g/mol. The molecule has 3 rings (SSSR count). The number of nitrogens with one attached hydrogen (secondary N) is 2. The van der Waals surface area contributed by atoms with Crippen LogP contribution in [0.15, 0.2) is 34.3 Å². The van der Waals surface area contributed by atoms with Gasteiger partial charge in [-0.05, 0) is 49.6 Å². The summed E-state index contributed by atoms with van der Waals surface area (Å²) >= 11 is 3.44. The highest BCUT2D eigenvalue weighted by Gasteiger charge is 2.44. The predicted octanol–water partition coefficient (Wildman–Crippen LogP) is 0.939. The minimum absolute atomic E-state index is 0.104. The molecule has 2 aromatic rings. The average molecular weight is 518 g/mol. The minimum atomic E-state index is -0.811. The number of H-pyrrole nitrogens is 1. The normalized spacial score (nSPS) is 17.8. The van der Waals surface area contributed by atoms with Crippen molar-refractivity contribution < 1.29 is 29.1 Å². The molecule has 0 spiro atoms. The lowest BCUT2D eigenvalue weighted by molar-refractivity contribution is -0.857. The van der Waals surface area contributed by atoms with Crippen molar-refractivity contribution in [3.63, 3.8) is 0 Å². The first-order valence-electron chi connectivity index (χ1n) is 10.8. The van der Waals surface area contributed by atoms with Crippen LogP contribution in [0.1, 0.15) is 45.8 Å². The van der Waals surface area contributed by atoms with Gasteiger partial charge in [-0.2, -0.15) is 0 Å². The zero-order valence-electron chi connectivity index (χ0n) is 19.4. The van der Waals surface area contributed by atoms with E-state index in [4.69, 9.17) is 4.74 Å². The molecule has 1 unspecified atom stereocenters. The number of quaternary nitrogens is 1. The topological polar surface area (TPSA) is 107 Å². The highest BCUT2D eigenvalue weighted by Crippen LogP contribution is 2.40. The number of hydrogen-bond donors (Lipinski definition) is 2. The fourth-order valence-corrected chi connectivity index (χ4v) is 4.52. The van der Waals surface area contributed by atoms with Gasteiger partial charge in [-0.1, -0.05) is 33.8 Å². The van der Waals surface area contributed by atoms with E-state index in [-0.39, 0.29) is 23.4 Å². The van der Waals surface area contributed by atoms with Gasteiger partial charge >= 0.3 is 5.97 Å². The molecule has 2 N–H and O–H groups in total. The number of aromatic amines is 1. The zero-order valence-corrected chi connectivity index (χ0v) is 21.0. The first kappa shape index (κ1) is 24.7. The Morgan fingerprint density at radius 3 is 2.58 bits per heavy atom. The Bertz CT molecular complexity index is 1140. The highest BCUT2D eigenvalue weighted by molar-refractivity contribution is 9.10. The standard InChI is InChI=1S/C24H28BrN3O5/c1-6-33-24(32)19-13(2)17(14(3)26-19)21(29)18-20(15-8-7-9-16(25)12-15)28(11-10-27(4)5)23(31)22(18)30/h7-9,12,20,26,29H,6,10-11H2,1-5H3. The average Bonchev–Trinajstić information content (AvgIpc) is 3.19. The number of ether oxygens (including phenoxy) is 1. The molecule has 8 nitrogen and oxygen atoms in total. The molecule has 1 aliphatic rings. The Kier molecular flexibility index (Phi) is 7.44. The van der Waals surface area contributed by atoms with Crippen LogP contribution in [0.2, 0.25) is 0 Å². The molecule has 0 radical (unpaired) electrons. The fourth-order valence-electron chi connectivity index (χ4n) is 4.10. The van der Waals surface area contributed by atoms with Crippen LogP contribution >= 0.6 is 15.9 Å². The van der Waals surface area contributed by atoms with Gasteiger partial charge in [0.1, 0.15) is 5.69 Å². The molecule has 9 heteroatoms. The van der Waals surface area contributed by atoms with Crippen LogP contribution in [0.5, 0.6) is 0 Å². The maximum absolute atomic E-state index is 13.8. The van der Waals surface area contributed by atoms with Gasteiger partial charge in [0.25, 0.3) is 5.91 Å². The van der Waals surface area contributed by atoms with Crippen LogP contribution in [0.4, 0.5) is 0 Å². The summed E-state index contributed by atoms with van der Waals surface area (Å²) in [6.45, 7) is 6.11. The predicted molar refractivity (Wildman–Crippen MR) is 124 cm³/mol. The van der Waals surface area contributed by atoms with E-state index < -0.39 is 29.5 Å². The third-order valence-corrected chi connectivity index (χ3v) is 6.18. The van der Waals surface area contributed by atoms with E-state index in [9.17, 15) is 19.5 Å². The number of likely N-dealkylation sites (tertiary alicyclic amines) is 1. The second-order valence-electron chi connectivity index (χ2n) is 8.33. The number of rotatable bonds is 7. The number of nitrogens with zero attached hydrogens (tertiary/aromatic N) is 1. The van der Waals surface area contributed by atoms with Gasteiger partial charge in [-0.25, -0.2) is 4.79 Å². The van der Waals surface area contributed by atoms with E-state index in [1.54, 1.807) is 39.0 Å². The van der Waals surface area contributed by atoms with E-state index in [2.05, 4.69) is 20.9 Å². The van der Waals surface area contributed by atoms with Crippen molar-refractivity contribution in [2.75, 3.05) is 33.8 Å². The molecule has 0 saturated carbocycles. The van der Waals surface area contributed by atoms with Gasteiger partial charge in [-0.15, -0.1) is 0 Å². The first-order valence-corrected chi connectivity index (χ1v) is 11.5. The summed E-state index contributed by atoms with van der Waals surface area (Å²) in [5, 5.41) is 13.8. The maximum Gasteiger partial charge on any atom is 0.355 e. The van der Waals surface area contributed by atoms with Crippen molar-refractivity contribution in [3.05, 3.63) is 62.4 Å². The number of aromatic nitrogens is 1. The number of esters is 1. The summed E-state index contributed by atoms with van der Waals surface area (Å²) in [5.41, 5.74) is 1.78. The molecular weight excluding hydrogens is 490 g/mol. The summed E-state index contributed by atoms with van der Waals surface area (Å²) in [5.74, 6) is -2.63. The molecule has 176 valence electrons. The Labute approximate surface area is 201 Å². The Balaban J connectivity index is 2.20. The summed E-state index contributed by atoms with van der Waals surface area (Å²) in [7, 11) is 3.91. The lowest BCUT2D eigenvalue weighted by atomic mass is 9.94. The van der Waals surface area contributed by atoms with Crippen molar-refractivity contribution in [2.45, 2.75) is 26.8 Å². The molecule has 1 fully saturated rings. The second kappa shape index (κ2) is 9.93. The molecule has 1 aromatic heterocycles. The summed E-state index contributed by atoms with van der Waals surface area (Å²) in [6, 6.07) is 6.43. The van der Waals surface area contributed by atoms with Crippen molar-refractivity contribution in [3.8, 4) is 0 Å². The largest absolute Gasteiger partial charge is 0.872 e. The van der Waals surface area contributed by atoms with E-state index in [0.717, 1.165) is 9.37 Å². The van der Waals surface area contributed by atoms with Crippen molar-refractivity contribution in [1.29, 1.82) is 0 Å². The van der Waals surface area contributed by atoms with Gasteiger partial charge in [0.2, 0.25) is 5.78 Å². The third-order valence-electron chi connectivity index (χ3n) is 5.69. The number of amides is 1. The minimum Gasteiger partial charge on any atom is -0.872 e. The lowest BCUT2D eigenvalue weighted by Gasteiger charge is -2.28. The van der Waals surface area contributed by atoms with Gasteiger partial charge in [-0.3, -0.25) is 9.59 Å². The van der Waals surface area contributed by atoms with E-state index in [1.807, 2.05) is 20.2 Å². The van der Waals surface area contributed by atoms with Gasteiger partial charge in [0.05, 0.1) is 39.8 Å². The van der Waals surface area contributed by atoms with Crippen LogP contribution in [-0.4, -0.2) is 61.3 Å². The Morgan fingerprint density at radius 2 is 1.97 bits per heavy atom. The number of Topliss-reactive ketones (excluding diaryl/α,β-unsaturated/α-hetero) is 1. The number of hydrogen-bond acceptors (Lipinski definition) is 5. The smallest absolute Gasteiger partial charge is 0.355 e. The number of likely N-dealkylation sites (N-methyl/N-ethyl adjacent to an activating group) is 1. The van der Waals surface area contributed by atoms with E-state index >= 15 is 0 Å². The quantitative estimate of drug-likeness (QED) is 0.246. The second-order valence-corrected chi connectivity index (χ2v) is 9.25. The number of carbonyl (C=O) groups is 3. The highest BCUT2D eigenvalue weighted by atomic mass is 79.9. The van der Waals surface area contributed by atoms with Crippen molar-refractivity contribution >= 4 is 39.3 Å². The molecule has 1 saturated heterocycles. The third kappa shape index (κ3) is 4.74. The molecular formula is C24H28BrN3O5. The molecule has 0 bridgehead atoms. The Hall–Kier alpha value is -2.91. The molecule has 33 heavy (non-hydrogen) atoms. The summed E-state index contributed by atoms with van der Waals surface area (Å²) < 4.78 is 5.84. The fraction of sp³-hybridized carbons (Fsp3) is 0.375. The SMILES string of the molecule is CCOC(=O)c1[nH]c(C)c(C([O-])=C2C(=O)C(=O)N(CC[NH+](C)C)C2c2cccc(Br)c2)c1C. The maximum atomic E-state index is 13.8. The van der Waals surface area contributed by atoms with E-state index in [0.29, 0.717) is 29.9 Å². The van der Waals surface area contributed by atoms with Crippen LogP contribution < -0.4 is 10.0 Å². The summed E-state index contributed by atoms with van der Waals surface area (Å²) in [6.07, 6.45) is 0. The first-order chi connectivity index (χ1) is 15.6. The summed E-state index contributed by atoms with van der Waals surface area (Å²) in [4.78, 5) is 43.9. The molecule has 1 amide bonds. The Morgan fingerprint density at radius 1 is 1.27 bits per heavy atom. The van der Waals surface area contributed by atoms with Crippen molar-refractivity contribution in [1.82, 2.24) is 9.88 Å². The van der Waals surface area contributed by atoms with Gasteiger partial charge in [0.15, 0.2) is 0 Å². The van der Waals surface area contributed by atoms with Crippen LogP contribution in [0.3, 0.4) is 0 Å². The molecule has 1 aliphatic heterocycles. The van der Waals surface area contributed by atoms with E-state index in [1.165, 1.54) is 4.90 Å². The number of carbonyl (C=O) groups excluding carboxylic acids is 3. The molecule has 0 aliphatic carbocycles. The number of halogens is 1. The van der Waals surface area contributed by atoms with Gasteiger partial charge < -0.3 is 24.6 Å². The number of aryl methyl sites for hydroxylation is 1. The zero-order chi connectivity index (χ0) is 24.4. The van der Waals surface area contributed by atoms with Crippen LogP contribution in [0, 0.1) is 13.8 Å².